The lowest BCUT2D eigenvalue weighted by Crippen LogP contribution is -2.49. The first kappa shape index (κ1) is 19.7. The van der Waals surface area contributed by atoms with Crippen LogP contribution in [0.5, 0.6) is 0 Å². The predicted octanol–water partition coefficient (Wildman–Crippen LogP) is 2.77. The van der Waals surface area contributed by atoms with Crippen LogP contribution in [0.3, 0.4) is 0 Å². The highest BCUT2D eigenvalue weighted by Crippen LogP contribution is 2.39. The van der Waals surface area contributed by atoms with Crippen LogP contribution in [-0.2, 0) is 9.59 Å². The Kier molecular flexibility index (Phi) is 6.47. The number of amides is 2. The average Bonchev–Trinajstić information content (AvgIpc) is 2.60. The first-order chi connectivity index (χ1) is 11.8. The quantitative estimate of drug-likeness (QED) is 0.813. The molecular formula is C19H27ClN2O3. The number of nitrogens with zero attached hydrogens (tertiary/aromatic N) is 1. The van der Waals surface area contributed by atoms with E-state index in [9.17, 15) is 14.7 Å². The minimum Gasteiger partial charge on any atom is -0.396 e. The van der Waals surface area contributed by atoms with Crippen molar-refractivity contribution in [2.24, 2.45) is 11.3 Å². The second-order valence-corrected chi connectivity index (χ2v) is 7.74. The molecule has 1 aliphatic heterocycles. The summed E-state index contributed by atoms with van der Waals surface area (Å²) in [5.74, 6) is -0.406. The number of aliphatic hydroxyl groups excluding tert-OH is 1. The summed E-state index contributed by atoms with van der Waals surface area (Å²) in [6.45, 7) is 6.60. The predicted molar refractivity (Wildman–Crippen MR) is 98.2 cm³/mol. The van der Waals surface area contributed by atoms with E-state index in [2.05, 4.69) is 5.32 Å². The molecule has 2 rings (SSSR count). The zero-order valence-corrected chi connectivity index (χ0v) is 15.8. The van der Waals surface area contributed by atoms with E-state index in [4.69, 9.17) is 11.6 Å². The second-order valence-electron chi connectivity index (χ2n) is 7.33. The lowest BCUT2D eigenvalue weighted by atomic mass is 9.83. The van der Waals surface area contributed by atoms with E-state index in [1.165, 1.54) is 0 Å². The van der Waals surface area contributed by atoms with Gasteiger partial charge in [0.1, 0.15) is 0 Å². The van der Waals surface area contributed by atoms with Crippen LogP contribution in [0.15, 0.2) is 24.3 Å². The molecule has 1 fully saturated rings. The second kappa shape index (κ2) is 8.19. The van der Waals surface area contributed by atoms with Crippen LogP contribution in [0.2, 0.25) is 5.02 Å². The Morgan fingerprint density at radius 1 is 1.40 bits per heavy atom. The molecule has 1 heterocycles. The number of benzene rings is 1. The SMILES string of the molecule is CCN1C(=O)CC[C@@H](C(=O)NCC(C)(C)CO)[C@@H]1c1ccccc1Cl. The maximum absolute atomic E-state index is 12.9. The fourth-order valence-electron chi connectivity index (χ4n) is 3.21. The third-order valence-corrected chi connectivity index (χ3v) is 5.12. The van der Waals surface area contributed by atoms with E-state index in [-0.39, 0.29) is 35.8 Å². The topological polar surface area (TPSA) is 69.6 Å². The van der Waals surface area contributed by atoms with Gasteiger partial charge in [0.05, 0.1) is 12.0 Å². The number of halogens is 1. The van der Waals surface area contributed by atoms with Crippen molar-refractivity contribution in [1.29, 1.82) is 0 Å². The molecule has 1 aromatic rings. The van der Waals surface area contributed by atoms with Gasteiger partial charge in [-0.25, -0.2) is 0 Å². The zero-order chi connectivity index (χ0) is 18.6. The summed E-state index contributed by atoms with van der Waals surface area (Å²) in [5.41, 5.74) is 0.422. The van der Waals surface area contributed by atoms with Crippen molar-refractivity contribution < 1.29 is 14.7 Å². The molecule has 1 aliphatic rings. The Morgan fingerprint density at radius 3 is 2.68 bits per heavy atom. The summed E-state index contributed by atoms with van der Waals surface area (Å²) >= 11 is 6.37. The maximum atomic E-state index is 12.9. The lowest BCUT2D eigenvalue weighted by molar-refractivity contribution is -0.143. The van der Waals surface area contributed by atoms with Gasteiger partial charge in [0.2, 0.25) is 11.8 Å². The van der Waals surface area contributed by atoms with E-state index in [0.717, 1.165) is 5.56 Å². The molecule has 0 saturated carbocycles. The van der Waals surface area contributed by atoms with Crippen LogP contribution in [0.1, 0.15) is 45.2 Å². The minimum absolute atomic E-state index is 0.00847. The monoisotopic (exact) mass is 366 g/mol. The normalized spacial score (nSPS) is 21.3. The summed E-state index contributed by atoms with van der Waals surface area (Å²) in [6, 6.07) is 7.01. The largest absolute Gasteiger partial charge is 0.396 e. The summed E-state index contributed by atoms with van der Waals surface area (Å²) in [4.78, 5) is 27.0. The number of hydrogen-bond acceptors (Lipinski definition) is 3. The molecule has 25 heavy (non-hydrogen) atoms. The molecule has 0 aliphatic carbocycles. The van der Waals surface area contributed by atoms with Crippen LogP contribution in [0.4, 0.5) is 0 Å². The van der Waals surface area contributed by atoms with Gasteiger partial charge in [-0.3, -0.25) is 9.59 Å². The van der Waals surface area contributed by atoms with Crippen molar-refractivity contribution in [3.05, 3.63) is 34.9 Å². The van der Waals surface area contributed by atoms with E-state index in [0.29, 0.717) is 31.0 Å². The molecule has 0 radical (unpaired) electrons. The minimum atomic E-state index is -0.384. The van der Waals surface area contributed by atoms with Gasteiger partial charge in [0, 0.05) is 36.6 Å². The Bertz CT molecular complexity index is 633. The van der Waals surface area contributed by atoms with Crippen molar-refractivity contribution in [1.82, 2.24) is 10.2 Å². The van der Waals surface area contributed by atoms with Crippen molar-refractivity contribution >= 4 is 23.4 Å². The Hall–Kier alpha value is -1.59. The first-order valence-electron chi connectivity index (χ1n) is 8.73. The molecule has 2 amide bonds. The van der Waals surface area contributed by atoms with Crippen LogP contribution in [0.25, 0.3) is 0 Å². The van der Waals surface area contributed by atoms with Crippen molar-refractivity contribution in [3.63, 3.8) is 0 Å². The molecule has 0 bridgehead atoms. The standard InChI is InChI=1S/C19H27ClN2O3/c1-4-22-16(24)10-9-14(18(25)21-11-19(2,3)12-23)17(22)13-7-5-6-8-15(13)20/h5-8,14,17,23H,4,9-12H2,1-3H3,(H,21,25)/t14-,17+/m1/s1. The Labute approximate surface area is 154 Å². The molecule has 1 saturated heterocycles. The van der Waals surface area contributed by atoms with Gasteiger partial charge in [-0.1, -0.05) is 43.6 Å². The van der Waals surface area contributed by atoms with Gasteiger partial charge in [0.15, 0.2) is 0 Å². The number of aliphatic hydroxyl groups is 1. The fourth-order valence-corrected chi connectivity index (χ4v) is 3.46. The molecule has 2 N–H and O–H groups in total. The van der Waals surface area contributed by atoms with Gasteiger partial charge in [-0.2, -0.15) is 0 Å². The average molecular weight is 367 g/mol. The van der Waals surface area contributed by atoms with Gasteiger partial charge in [-0.05, 0) is 25.0 Å². The summed E-state index contributed by atoms with van der Waals surface area (Å²) in [7, 11) is 0. The first-order valence-corrected chi connectivity index (χ1v) is 9.11. The van der Waals surface area contributed by atoms with Crippen LogP contribution in [-0.4, -0.2) is 41.5 Å². The van der Waals surface area contributed by atoms with Gasteiger partial charge in [-0.15, -0.1) is 0 Å². The number of hydrogen-bond donors (Lipinski definition) is 2. The number of carbonyl (C=O) groups excluding carboxylic acids is 2. The van der Waals surface area contributed by atoms with Crippen molar-refractivity contribution in [2.45, 2.75) is 39.7 Å². The molecule has 6 heteroatoms. The van der Waals surface area contributed by atoms with Crippen molar-refractivity contribution in [2.75, 3.05) is 19.7 Å². The summed E-state index contributed by atoms with van der Waals surface area (Å²) in [5, 5.41) is 12.9. The van der Waals surface area contributed by atoms with E-state index in [1.54, 1.807) is 11.0 Å². The molecular weight excluding hydrogens is 340 g/mol. The maximum Gasteiger partial charge on any atom is 0.225 e. The van der Waals surface area contributed by atoms with E-state index < -0.39 is 0 Å². The molecule has 5 nitrogen and oxygen atoms in total. The van der Waals surface area contributed by atoms with Gasteiger partial charge < -0.3 is 15.3 Å². The molecule has 0 aromatic heterocycles. The molecule has 0 unspecified atom stereocenters. The molecule has 0 spiro atoms. The molecule has 1 aromatic carbocycles. The molecule has 2 atom stereocenters. The molecule has 138 valence electrons. The summed E-state index contributed by atoms with van der Waals surface area (Å²) < 4.78 is 0. The number of piperidine rings is 1. The summed E-state index contributed by atoms with van der Waals surface area (Å²) in [6.07, 6.45) is 0.854. The highest BCUT2D eigenvalue weighted by atomic mass is 35.5. The van der Waals surface area contributed by atoms with E-state index in [1.807, 2.05) is 39.0 Å². The number of rotatable bonds is 6. The number of likely N-dealkylation sites (tertiary alicyclic amines) is 1. The third kappa shape index (κ3) is 4.53. The van der Waals surface area contributed by atoms with E-state index >= 15 is 0 Å². The Balaban J connectivity index is 2.29. The zero-order valence-electron chi connectivity index (χ0n) is 15.1. The van der Waals surface area contributed by atoms with Crippen LogP contribution in [0, 0.1) is 11.3 Å². The smallest absolute Gasteiger partial charge is 0.225 e. The highest BCUT2D eigenvalue weighted by Gasteiger charge is 2.40. The van der Waals surface area contributed by atoms with Crippen LogP contribution >= 0.6 is 11.6 Å². The van der Waals surface area contributed by atoms with Crippen molar-refractivity contribution in [3.8, 4) is 0 Å². The van der Waals surface area contributed by atoms with Crippen LogP contribution < -0.4 is 5.32 Å². The fraction of sp³-hybridized carbons (Fsp3) is 0.579. The van der Waals surface area contributed by atoms with Gasteiger partial charge >= 0.3 is 0 Å². The lowest BCUT2D eigenvalue weighted by Gasteiger charge is -2.41. The number of nitrogens with one attached hydrogen (secondary N) is 1. The Morgan fingerprint density at radius 2 is 2.08 bits per heavy atom. The third-order valence-electron chi connectivity index (χ3n) is 4.78. The number of carbonyl (C=O) groups is 2. The highest BCUT2D eigenvalue weighted by molar-refractivity contribution is 6.31. The van der Waals surface area contributed by atoms with Gasteiger partial charge in [0.25, 0.3) is 0 Å².